The number of nitrogens with zero attached hydrogens (tertiary/aromatic N) is 2. The van der Waals surface area contributed by atoms with E-state index in [1.165, 1.54) is 37.7 Å². The Balaban J connectivity index is 1.10. The van der Waals surface area contributed by atoms with Crippen LogP contribution in [0.3, 0.4) is 0 Å². The van der Waals surface area contributed by atoms with Crippen LogP contribution in [0.2, 0.25) is 5.02 Å². The molecule has 3 aliphatic rings. The monoisotopic (exact) mass is 641 g/mol. The van der Waals surface area contributed by atoms with Gasteiger partial charge in [-0.15, -0.1) is 0 Å². The molecule has 9 heteroatoms. The van der Waals surface area contributed by atoms with Crippen LogP contribution >= 0.6 is 11.6 Å². The molecule has 0 aromatic heterocycles. The lowest BCUT2D eigenvalue weighted by molar-refractivity contribution is -0.137. The molecule has 1 saturated carbocycles. The smallest absolute Gasteiger partial charge is 0.253 e. The summed E-state index contributed by atoms with van der Waals surface area (Å²) >= 11 is 6.12. The van der Waals surface area contributed by atoms with Crippen molar-refractivity contribution in [3.63, 3.8) is 0 Å². The van der Waals surface area contributed by atoms with Crippen LogP contribution in [0.25, 0.3) is 0 Å². The summed E-state index contributed by atoms with van der Waals surface area (Å²) in [5, 5.41) is 10.2. The third kappa shape index (κ3) is 7.91. The van der Waals surface area contributed by atoms with Gasteiger partial charge in [-0.05, 0) is 66.1 Å². The predicted octanol–water partition coefficient (Wildman–Crippen LogP) is 4.74. The number of benzene rings is 3. The summed E-state index contributed by atoms with van der Waals surface area (Å²) in [4.78, 5) is 44.8. The predicted molar refractivity (Wildman–Crippen MR) is 182 cm³/mol. The van der Waals surface area contributed by atoms with Crippen molar-refractivity contribution in [1.82, 2.24) is 20.9 Å². The first-order valence-electron chi connectivity index (χ1n) is 16.7. The molecule has 2 aliphatic heterocycles. The molecule has 242 valence electrons. The van der Waals surface area contributed by atoms with Crippen LogP contribution in [0.1, 0.15) is 59.2 Å². The van der Waals surface area contributed by atoms with Crippen LogP contribution < -0.4 is 20.9 Å². The Bertz CT molecular complexity index is 1520. The number of carbonyl (C=O) groups is 3. The van der Waals surface area contributed by atoms with Gasteiger partial charge in [-0.25, -0.2) is 0 Å². The lowest BCUT2D eigenvalue weighted by atomic mass is 9.89. The van der Waals surface area contributed by atoms with Crippen molar-refractivity contribution in [2.75, 3.05) is 37.6 Å². The molecule has 0 unspecified atom stereocenters. The number of hydrogen-bond donors (Lipinski definition) is 3. The second kappa shape index (κ2) is 15.1. The molecule has 8 nitrogen and oxygen atoms in total. The lowest BCUT2D eigenvalue weighted by Crippen LogP contribution is -2.58. The summed E-state index contributed by atoms with van der Waals surface area (Å²) in [5.41, 5.74) is 4.84. The Morgan fingerprint density at radius 3 is 2.30 bits per heavy atom. The molecule has 0 radical (unpaired) electrons. The SMILES string of the molecule is O=C(NCC1CCCCC1)c1ccccc1N1CCN(C(=O)[C@@H](Cc2ccc(Cl)cc2)NC(=O)[C@@H]2Cc3ccccc3CN2)CC1. The van der Waals surface area contributed by atoms with E-state index in [1.807, 2.05) is 53.4 Å². The van der Waals surface area contributed by atoms with E-state index >= 15 is 0 Å². The van der Waals surface area contributed by atoms with E-state index < -0.39 is 12.1 Å². The number of rotatable bonds is 9. The molecular formula is C37H44ClN5O3. The lowest BCUT2D eigenvalue weighted by Gasteiger charge is -2.38. The standard InChI is InChI=1S/C37H44ClN5O3/c38-30-16-14-26(15-17-30)22-33(41-36(45)32-23-28-10-4-5-11-29(28)25-39-32)37(46)43-20-18-42(19-21-43)34-13-7-6-12-31(34)35(44)40-24-27-8-2-1-3-9-27/h4-7,10-17,27,32-33,39H,1-3,8-9,18-25H2,(H,40,44)(H,41,45)/t32-,33+/m0/s1. The Morgan fingerprint density at radius 2 is 1.54 bits per heavy atom. The fourth-order valence-electron chi connectivity index (χ4n) is 7.02. The first-order chi connectivity index (χ1) is 22.4. The first-order valence-corrected chi connectivity index (χ1v) is 17.1. The van der Waals surface area contributed by atoms with E-state index in [9.17, 15) is 14.4 Å². The van der Waals surface area contributed by atoms with Gasteiger partial charge in [0, 0.05) is 56.4 Å². The number of para-hydroxylation sites is 1. The minimum atomic E-state index is -0.711. The fourth-order valence-corrected chi connectivity index (χ4v) is 7.15. The molecule has 3 aromatic rings. The zero-order valence-corrected chi connectivity index (χ0v) is 27.1. The summed E-state index contributed by atoms with van der Waals surface area (Å²) in [7, 11) is 0. The molecule has 1 saturated heterocycles. The van der Waals surface area contributed by atoms with E-state index in [1.54, 1.807) is 12.1 Å². The second-order valence-electron chi connectivity index (χ2n) is 12.8. The van der Waals surface area contributed by atoms with Crippen molar-refractivity contribution < 1.29 is 14.4 Å². The van der Waals surface area contributed by atoms with Crippen molar-refractivity contribution in [1.29, 1.82) is 0 Å². The van der Waals surface area contributed by atoms with Crippen LogP contribution in [-0.4, -0.2) is 67.4 Å². The molecule has 46 heavy (non-hydrogen) atoms. The van der Waals surface area contributed by atoms with E-state index in [4.69, 9.17) is 11.6 Å². The van der Waals surface area contributed by atoms with Gasteiger partial charge in [-0.1, -0.05) is 79.4 Å². The van der Waals surface area contributed by atoms with Gasteiger partial charge in [-0.3, -0.25) is 14.4 Å². The van der Waals surface area contributed by atoms with Crippen LogP contribution in [0.5, 0.6) is 0 Å². The van der Waals surface area contributed by atoms with E-state index in [2.05, 4.69) is 33.0 Å². The number of hydrogen-bond acceptors (Lipinski definition) is 5. The molecule has 1 aliphatic carbocycles. The van der Waals surface area contributed by atoms with Gasteiger partial charge in [0.15, 0.2) is 0 Å². The third-order valence-corrected chi connectivity index (χ3v) is 9.97. The Kier molecular flexibility index (Phi) is 10.6. The van der Waals surface area contributed by atoms with Crippen LogP contribution in [0.15, 0.2) is 72.8 Å². The van der Waals surface area contributed by atoms with E-state index in [0.717, 1.165) is 23.4 Å². The van der Waals surface area contributed by atoms with E-state index in [-0.39, 0.29) is 17.7 Å². The van der Waals surface area contributed by atoms with Gasteiger partial charge in [0.2, 0.25) is 11.8 Å². The number of halogens is 1. The minimum absolute atomic E-state index is 0.0376. The van der Waals surface area contributed by atoms with Crippen molar-refractivity contribution >= 4 is 35.0 Å². The molecule has 0 bridgehead atoms. The van der Waals surface area contributed by atoms with E-state index in [0.29, 0.717) is 62.1 Å². The number of piperazine rings is 1. The summed E-state index contributed by atoms with van der Waals surface area (Å²) in [6, 6.07) is 22.2. The molecule has 2 heterocycles. The maximum Gasteiger partial charge on any atom is 0.253 e. The van der Waals surface area contributed by atoms with Crippen LogP contribution in [-0.2, 0) is 29.0 Å². The normalized spacial score (nSPS) is 19.2. The zero-order chi connectivity index (χ0) is 31.9. The second-order valence-corrected chi connectivity index (χ2v) is 13.3. The van der Waals surface area contributed by atoms with Crippen molar-refractivity contribution in [3.8, 4) is 0 Å². The van der Waals surface area contributed by atoms with Gasteiger partial charge in [-0.2, -0.15) is 0 Å². The van der Waals surface area contributed by atoms with Gasteiger partial charge in [0.25, 0.3) is 5.91 Å². The molecule has 3 aromatic carbocycles. The Morgan fingerprint density at radius 1 is 0.848 bits per heavy atom. The maximum absolute atomic E-state index is 14.0. The van der Waals surface area contributed by atoms with Gasteiger partial charge in [0.05, 0.1) is 11.6 Å². The van der Waals surface area contributed by atoms with Gasteiger partial charge in [0.1, 0.15) is 6.04 Å². The quantitative estimate of drug-likeness (QED) is 0.314. The molecular weight excluding hydrogens is 598 g/mol. The van der Waals surface area contributed by atoms with Crippen LogP contribution in [0.4, 0.5) is 5.69 Å². The number of amides is 3. The highest BCUT2D eigenvalue weighted by Crippen LogP contribution is 2.25. The maximum atomic E-state index is 14.0. The summed E-state index contributed by atoms with van der Waals surface area (Å²) in [5.74, 6) is 0.251. The van der Waals surface area contributed by atoms with Crippen LogP contribution in [0, 0.1) is 5.92 Å². The molecule has 3 amide bonds. The molecule has 6 rings (SSSR count). The average Bonchev–Trinajstić information content (AvgIpc) is 3.11. The minimum Gasteiger partial charge on any atom is -0.367 e. The summed E-state index contributed by atoms with van der Waals surface area (Å²) in [6.45, 7) is 3.53. The summed E-state index contributed by atoms with van der Waals surface area (Å²) < 4.78 is 0. The third-order valence-electron chi connectivity index (χ3n) is 9.72. The number of carbonyl (C=O) groups excluding carboxylic acids is 3. The van der Waals surface area contributed by atoms with Crippen molar-refractivity contribution in [2.24, 2.45) is 5.92 Å². The van der Waals surface area contributed by atoms with Gasteiger partial charge < -0.3 is 25.8 Å². The first kappa shape index (κ1) is 32.1. The number of anilines is 1. The van der Waals surface area contributed by atoms with Gasteiger partial charge >= 0.3 is 0 Å². The molecule has 2 fully saturated rings. The fraction of sp³-hybridized carbons (Fsp3) is 0.432. The highest BCUT2D eigenvalue weighted by molar-refractivity contribution is 6.30. The van der Waals surface area contributed by atoms with Crippen molar-refractivity contribution in [3.05, 3.63) is 100 Å². The number of fused-ring (bicyclic) bond motifs is 1. The largest absolute Gasteiger partial charge is 0.367 e. The average molecular weight is 642 g/mol. The molecule has 2 atom stereocenters. The Labute approximate surface area is 276 Å². The topological polar surface area (TPSA) is 93.8 Å². The highest BCUT2D eigenvalue weighted by Gasteiger charge is 2.32. The Hall–Kier alpha value is -3.88. The molecule has 0 spiro atoms. The van der Waals surface area contributed by atoms with Crippen molar-refractivity contribution in [2.45, 2.75) is 63.6 Å². The number of nitrogens with one attached hydrogen (secondary N) is 3. The summed E-state index contributed by atoms with van der Waals surface area (Å²) in [6.07, 6.45) is 7.10. The molecule has 3 N–H and O–H groups in total. The highest BCUT2D eigenvalue weighted by atomic mass is 35.5. The zero-order valence-electron chi connectivity index (χ0n) is 26.3.